The van der Waals surface area contributed by atoms with Gasteiger partial charge in [0.25, 0.3) is 0 Å². The lowest BCUT2D eigenvalue weighted by molar-refractivity contribution is 0.287. The van der Waals surface area contributed by atoms with Gasteiger partial charge in [-0.25, -0.2) is 13.6 Å². The van der Waals surface area contributed by atoms with Gasteiger partial charge in [-0.1, -0.05) is 13.8 Å². The lowest BCUT2D eigenvalue weighted by Gasteiger charge is -2.14. The van der Waals surface area contributed by atoms with Gasteiger partial charge in [-0.3, -0.25) is 0 Å². The second-order valence-corrected chi connectivity index (χ2v) is 6.42. The first kappa shape index (κ1) is 15.0. The summed E-state index contributed by atoms with van der Waals surface area (Å²) >= 11 is 0. The quantitative estimate of drug-likeness (QED) is 0.894. The zero-order valence-electron chi connectivity index (χ0n) is 11.4. The van der Waals surface area contributed by atoms with Crippen LogP contribution in [0.4, 0.5) is 0 Å². The summed E-state index contributed by atoms with van der Waals surface area (Å²) in [5, 5.41) is 5.15. The monoisotopic (exact) mass is 271 g/mol. The van der Waals surface area contributed by atoms with Crippen LogP contribution in [0.1, 0.15) is 31.4 Å². The van der Waals surface area contributed by atoms with E-state index in [1.54, 1.807) is 13.0 Å². The fraction of sp³-hybridized carbons (Fsp3) is 0.538. The van der Waals surface area contributed by atoms with Crippen LogP contribution in [0.15, 0.2) is 17.0 Å². The smallest absolute Gasteiger partial charge is 0.238 e. The Morgan fingerprint density at radius 3 is 2.33 bits per heavy atom. The lowest BCUT2D eigenvalue weighted by atomic mass is 10.1. The molecule has 18 heavy (non-hydrogen) atoms. The van der Waals surface area contributed by atoms with Crippen LogP contribution < -0.4 is 9.88 Å². The standard InChI is InChI=1S/C13H21NO3S/c1-9(2)7-8-17-12-5-6-13(18(14,15)16)11(4)10(12)3/h5-6,9H,7-8H2,1-4H3,(H2,14,15,16). The van der Waals surface area contributed by atoms with Gasteiger partial charge in [0.05, 0.1) is 11.5 Å². The molecule has 2 N–H and O–H groups in total. The highest BCUT2D eigenvalue weighted by Crippen LogP contribution is 2.26. The fourth-order valence-electron chi connectivity index (χ4n) is 1.64. The molecule has 0 fully saturated rings. The van der Waals surface area contributed by atoms with E-state index >= 15 is 0 Å². The third-order valence-corrected chi connectivity index (χ3v) is 4.00. The molecule has 0 saturated heterocycles. The molecule has 5 heteroatoms. The Hall–Kier alpha value is -1.07. The highest BCUT2D eigenvalue weighted by Gasteiger charge is 2.15. The first-order valence-corrected chi connectivity index (χ1v) is 7.54. The Bertz CT molecular complexity index is 521. The predicted octanol–water partition coefficient (Wildman–Crippen LogP) is 2.38. The maximum atomic E-state index is 11.4. The van der Waals surface area contributed by atoms with Gasteiger partial charge in [-0.15, -0.1) is 0 Å². The Morgan fingerprint density at radius 1 is 1.22 bits per heavy atom. The van der Waals surface area contributed by atoms with Crippen molar-refractivity contribution in [2.75, 3.05) is 6.61 Å². The van der Waals surface area contributed by atoms with Gasteiger partial charge in [0, 0.05) is 0 Å². The molecule has 1 rings (SSSR count). The maximum Gasteiger partial charge on any atom is 0.238 e. The molecule has 0 aliphatic carbocycles. The third-order valence-electron chi connectivity index (χ3n) is 2.95. The van der Waals surface area contributed by atoms with E-state index in [4.69, 9.17) is 9.88 Å². The van der Waals surface area contributed by atoms with Gasteiger partial charge >= 0.3 is 0 Å². The zero-order valence-corrected chi connectivity index (χ0v) is 12.2. The highest BCUT2D eigenvalue weighted by atomic mass is 32.2. The number of primary sulfonamides is 1. The SMILES string of the molecule is Cc1c(OCCC(C)C)ccc(S(N)(=O)=O)c1C. The molecule has 0 amide bonds. The number of sulfonamides is 1. The van der Waals surface area contributed by atoms with Crippen molar-refractivity contribution in [3.8, 4) is 5.75 Å². The van der Waals surface area contributed by atoms with E-state index in [2.05, 4.69) is 13.8 Å². The molecule has 0 unspecified atom stereocenters. The molecule has 0 radical (unpaired) electrons. The van der Waals surface area contributed by atoms with Crippen LogP contribution in [0.3, 0.4) is 0 Å². The number of hydrogen-bond acceptors (Lipinski definition) is 3. The average molecular weight is 271 g/mol. The molecule has 0 saturated carbocycles. The molecule has 0 spiro atoms. The van der Waals surface area contributed by atoms with Crippen molar-refractivity contribution in [2.45, 2.75) is 39.0 Å². The topological polar surface area (TPSA) is 69.4 Å². The molecular weight excluding hydrogens is 250 g/mol. The van der Waals surface area contributed by atoms with Gasteiger partial charge in [-0.2, -0.15) is 0 Å². The molecule has 0 bridgehead atoms. The normalized spacial score (nSPS) is 11.9. The average Bonchev–Trinajstić information content (AvgIpc) is 2.22. The van der Waals surface area contributed by atoms with Gasteiger partial charge < -0.3 is 4.74 Å². The minimum Gasteiger partial charge on any atom is -0.493 e. The van der Waals surface area contributed by atoms with Gasteiger partial charge in [0.15, 0.2) is 0 Å². The van der Waals surface area contributed by atoms with Crippen molar-refractivity contribution in [2.24, 2.45) is 11.1 Å². The molecule has 0 atom stereocenters. The molecular formula is C13H21NO3S. The van der Waals surface area contributed by atoms with E-state index in [0.717, 1.165) is 17.7 Å². The Balaban J connectivity index is 2.95. The van der Waals surface area contributed by atoms with Gasteiger partial charge in [-0.05, 0) is 49.4 Å². The minimum absolute atomic E-state index is 0.163. The molecule has 1 aromatic carbocycles. The zero-order chi connectivity index (χ0) is 13.9. The van der Waals surface area contributed by atoms with Crippen LogP contribution in [-0.4, -0.2) is 15.0 Å². The van der Waals surface area contributed by atoms with Crippen molar-refractivity contribution in [3.63, 3.8) is 0 Å². The summed E-state index contributed by atoms with van der Waals surface area (Å²) in [6, 6.07) is 3.17. The highest BCUT2D eigenvalue weighted by molar-refractivity contribution is 7.89. The number of nitrogens with two attached hydrogens (primary N) is 1. The molecule has 0 aliphatic heterocycles. The van der Waals surface area contributed by atoms with Crippen LogP contribution in [-0.2, 0) is 10.0 Å². The van der Waals surface area contributed by atoms with E-state index in [1.165, 1.54) is 6.07 Å². The maximum absolute atomic E-state index is 11.4. The summed E-state index contributed by atoms with van der Waals surface area (Å²) < 4.78 is 28.4. The third kappa shape index (κ3) is 3.71. The number of ether oxygens (including phenoxy) is 1. The predicted molar refractivity (Wildman–Crippen MR) is 72.2 cm³/mol. The molecule has 102 valence electrons. The van der Waals surface area contributed by atoms with Crippen molar-refractivity contribution >= 4 is 10.0 Å². The lowest BCUT2D eigenvalue weighted by Crippen LogP contribution is -2.14. The van der Waals surface area contributed by atoms with Crippen LogP contribution in [0.2, 0.25) is 0 Å². The van der Waals surface area contributed by atoms with E-state index < -0.39 is 10.0 Å². The molecule has 0 heterocycles. The summed E-state index contributed by atoms with van der Waals surface area (Å²) in [4.78, 5) is 0.163. The molecule has 0 aliphatic rings. The summed E-state index contributed by atoms with van der Waals surface area (Å²) in [5.41, 5.74) is 1.48. The minimum atomic E-state index is -3.66. The number of hydrogen-bond donors (Lipinski definition) is 1. The van der Waals surface area contributed by atoms with E-state index in [0.29, 0.717) is 18.1 Å². The van der Waals surface area contributed by atoms with Crippen molar-refractivity contribution < 1.29 is 13.2 Å². The van der Waals surface area contributed by atoms with Crippen molar-refractivity contribution in [3.05, 3.63) is 23.3 Å². The summed E-state index contributed by atoms with van der Waals surface area (Å²) in [6.45, 7) is 8.48. The van der Waals surface area contributed by atoms with Crippen molar-refractivity contribution in [1.29, 1.82) is 0 Å². The van der Waals surface area contributed by atoms with Gasteiger partial charge in [0.1, 0.15) is 5.75 Å². The summed E-state index contributed by atoms with van der Waals surface area (Å²) in [6.07, 6.45) is 0.968. The Labute approximate surface area is 109 Å². The van der Waals surface area contributed by atoms with Gasteiger partial charge in [0.2, 0.25) is 10.0 Å². The molecule has 0 aromatic heterocycles. The Kier molecular flexibility index (Phi) is 4.76. The number of benzene rings is 1. The van der Waals surface area contributed by atoms with E-state index in [1.807, 2.05) is 6.92 Å². The second kappa shape index (κ2) is 5.71. The first-order chi connectivity index (χ1) is 8.23. The summed E-state index contributed by atoms with van der Waals surface area (Å²) in [7, 11) is -3.66. The van der Waals surface area contributed by atoms with Crippen LogP contribution in [0.25, 0.3) is 0 Å². The fourth-order valence-corrected chi connectivity index (χ4v) is 2.48. The number of rotatable bonds is 5. The van der Waals surface area contributed by atoms with Crippen LogP contribution >= 0.6 is 0 Å². The summed E-state index contributed by atoms with van der Waals surface area (Å²) in [5.74, 6) is 1.30. The largest absolute Gasteiger partial charge is 0.493 e. The first-order valence-electron chi connectivity index (χ1n) is 5.99. The van der Waals surface area contributed by atoms with E-state index in [9.17, 15) is 8.42 Å². The van der Waals surface area contributed by atoms with Crippen molar-refractivity contribution in [1.82, 2.24) is 0 Å². The van der Waals surface area contributed by atoms with E-state index in [-0.39, 0.29) is 4.90 Å². The Morgan fingerprint density at radius 2 is 1.83 bits per heavy atom. The second-order valence-electron chi connectivity index (χ2n) is 4.89. The molecule has 1 aromatic rings. The molecule has 4 nitrogen and oxygen atoms in total. The van der Waals surface area contributed by atoms with Crippen LogP contribution in [0, 0.1) is 19.8 Å². The van der Waals surface area contributed by atoms with Crippen LogP contribution in [0.5, 0.6) is 5.75 Å².